The van der Waals surface area contributed by atoms with Gasteiger partial charge in [0.2, 0.25) is 5.82 Å². The molecule has 0 bridgehead atoms. The normalized spacial score (nSPS) is 11.3. The van der Waals surface area contributed by atoms with Crippen molar-refractivity contribution in [1.29, 1.82) is 0 Å². The molecule has 0 saturated carbocycles. The molecule has 0 aliphatic carbocycles. The van der Waals surface area contributed by atoms with Gasteiger partial charge in [0, 0.05) is 11.3 Å². The maximum Gasteiger partial charge on any atom is 0.295 e. The molecule has 4 rings (SSSR count). The van der Waals surface area contributed by atoms with Crippen LogP contribution in [0.25, 0.3) is 17.1 Å². The number of rotatable bonds is 4. The first kappa shape index (κ1) is 19.6. The van der Waals surface area contributed by atoms with E-state index < -0.39 is 0 Å². The molecule has 0 saturated heterocycles. The summed E-state index contributed by atoms with van der Waals surface area (Å²) in [5, 5.41) is 7.41. The van der Waals surface area contributed by atoms with Crippen molar-refractivity contribution in [1.82, 2.24) is 14.8 Å². The highest BCUT2D eigenvalue weighted by molar-refractivity contribution is 6.01. The zero-order valence-corrected chi connectivity index (χ0v) is 17.3. The van der Waals surface area contributed by atoms with Gasteiger partial charge in [0.15, 0.2) is 5.82 Å². The van der Waals surface area contributed by atoms with Gasteiger partial charge >= 0.3 is 0 Å². The van der Waals surface area contributed by atoms with E-state index in [0.29, 0.717) is 11.5 Å². The van der Waals surface area contributed by atoms with E-state index >= 15 is 0 Å². The van der Waals surface area contributed by atoms with Crippen molar-refractivity contribution in [2.24, 2.45) is 0 Å². The Hall–Kier alpha value is -3.73. The molecule has 4 aromatic rings. The third-order valence-corrected chi connectivity index (χ3v) is 4.85. The number of amides is 1. The first-order chi connectivity index (χ1) is 14.4. The molecule has 0 fully saturated rings. The lowest BCUT2D eigenvalue weighted by Gasteiger charge is -2.19. The van der Waals surface area contributed by atoms with Crippen LogP contribution in [0.1, 0.15) is 37.0 Å². The highest BCUT2D eigenvalue weighted by atomic mass is 16.2. The molecule has 1 amide bonds. The topological polar surface area (TPSA) is 59.8 Å². The number of para-hydroxylation sites is 1. The maximum absolute atomic E-state index is 12.9. The zero-order chi connectivity index (χ0) is 21.1. The second kappa shape index (κ2) is 7.95. The van der Waals surface area contributed by atoms with Crippen LogP contribution >= 0.6 is 0 Å². The molecule has 0 aliphatic rings. The van der Waals surface area contributed by atoms with E-state index in [-0.39, 0.29) is 17.1 Å². The van der Waals surface area contributed by atoms with E-state index in [9.17, 15) is 4.79 Å². The number of nitrogens with one attached hydrogen (secondary N) is 1. The Bertz CT molecular complexity index is 1080. The lowest BCUT2D eigenvalue weighted by molar-refractivity contribution is 0.101. The molecule has 0 spiro atoms. The lowest BCUT2D eigenvalue weighted by atomic mass is 9.87. The minimum atomic E-state index is -0.342. The van der Waals surface area contributed by atoms with Gasteiger partial charge in [-0.15, -0.1) is 5.10 Å². The minimum absolute atomic E-state index is 0.0587. The maximum atomic E-state index is 12.9. The van der Waals surface area contributed by atoms with Gasteiger partial charge in [0.25, 0.3) is 5.91 Å². The van der Waals surface area contributed by atoms with Crippen molar-refractivity contribution >= 4 is 11.6 Å². The third-order valence-electron chi connectivity index (χ3n) is 4.85. The monoisotopic (exact) mass is 396 g/mol. The summed E-state index contributed by atoms with van der Waals surface area (Å²) in [7, 11) is 0. The first-order valence-electron chi connectivity index (χ1n) is 9.91. The molecule has 0 atom stereocenters. The number of nitrogens with zero attached hydrogens (tertiary/aromatic N) is 3. The number of hydrogen-bond donors (Lipinski definition) is 1. The van der Waals surface area contributed by atoms with Crippen molar-refractivity contribution in [3.05, 3.63) is 96.3 Å². The van der Waals surface area contributed by atoms with Crippen LogP contribution in [0.4, 0.5) is 5.69 Å². The zero-order valence-electron chi connectivity index (χ0n) is 17.3. The fourth-order valence-corrected chi connectivity index (χ4v) is 3.17. The Kier molecular flexibility index (Phi) is 5.19. The van der Waals surface area contributed by atoms with Crippen LogP contribution in [0.5, 0.6) is 0 Å². The third kappa shape index (κ3) is 4.15. The second-order valence-corrected chi connectivity index (χ2v) is 8.15. The molecule has 1 aromatic heterocycles. The van der Waals surface area contributed by atoms with Crippen LogP contribution in [0.3, 0.4) is 0 Å². The van der Waals surface area contributed by atoms with Crippen LogP contribution in [-0.4, -0.2) is 20.7 Å². The van der Waals surface area contributed by atoms with Crippen molar-refractivity contribution in [3.8, 4) is 17.1 Å². The van der Waals surface area contributed by atoms with E-state index in [1.54, 1.807) is 4.68 Å². The van der Waals surface area contributed by atoms with E-state index in [1.807, 2.05) is 84.9 Å². The van der Waals surface area contributed by atoms with Crippen LogP contribution in [0.2, 0.25) is 0 Å². The molecule has 0 radical (unpaired) electrons. The molecule has 0 aliphatic heterocycles. The smallest absolute Gasteiger partial charge is 0.295 e. The fraction of sp³-hybridized carbons (Fsp3) is 0.160. The molecule has 1 heterocycles. The highest BCUT2D eigenvalue weighted by Crippen LogP contribution is 2.24. The van der Waals surface area contributed by atoms with Gasteiger partial charge < -0.3 is 5.32 Å². The summed E-state index contributed by atoms with van der Waals surface area (Å²) in [6.07, 6.45) is 0. The number of carbonyl (C=O) groups excluding carboxylic acids is 1. The van der Waals surface area contributed by atoms with Gasteiger partial charge in [-0.3, -0.25) is 4.79 Å². The standard InChI is InChI=1S/C25H24N4O/c1-25(2,3)19-14-16-20(17-15-19)26-24(30)22-27-23(18-10-6-4-7-11-18)29(28-22)21-12-8-5-9-13-21/h4-17H,1-3H3,(H,26,30). The van der Waals surface area contributed by atoms with Gasteiger partial charge in [-0.1, -0.05) is 81.4 Å². The minimum Gasteiger partial charge on any atom is -0.319 e. The Morgan fingerprint density at radius 3 is 2.03 bits per heavy atom. The van der Waals surface area contributed by atoms with Gasteiger partial charge in [-0.2, -0.15) is 0 Å². The Morgan fingerprint density at radius 1 is 0.833 bits per heavy atom. The molecule has 30 heavy (non-hydrogen) atoms. The van der Waals surface area contributed by atoms with Crippen LogP contribution in [0, 0.1) is 0 Å². The summed E-state index contributed by atoms with van der Waals surface area (Å²) in [6, 6.07) is 27.3. The summed E-state index contributed by atoms with van der Waals surface area (Å²) in [5.74, 6) is 0.401. The Morgan fingerprint density at radius 2 is 1.43 bits per heavy atom. The second-order valence-electron chi connectivity index (χ2n) is 8.15. The number of hydrogen-bond acceptors (Lipinski definition) is 3. The quantitative estimate of drug-likeness (QED) is 0.497. The van der Waals surface area contributed by atoms with Crippen molar-refractivity contribution in [3.63, 3.8) is 0 Å². The van der Waals surface area contributed by atoms with Crippen LogP contribution < -0.4 is 5.32 Å². The lowest BCUT2D eigenvalue weighted by Crippen LogP contribution is -2.15. The summed E-state index contributed by atoms with van der Waals surface area (Å²) in [5.41, 5.74) is 3.71. The molecule has 5 heteroatoms. The highest BCUT2D eigenvalue weighted by Gasteiger charge is 2.19. The van der Waals surface area contributed by atoms with E-state index in [2.05, 4.69) is 36.2 Å². The molecular weight excluding hydrogens is 372 g/mol. The van der Waals surface area contributed by atoms with Gasteiger partial charge in [-0.25, -0.2) is 9.67 Å². The first-order valence-corrected chi connectivity index (χ1v) is 9.91. The van der Waals surface area contributed by atoms with E-state index in [1.165, 1.54) is 5.56 Å². The van der Waals surface area contributed by atoms with Crippen molar-refractivity contribution in [2.75, 3.05) is 5.32 Å². The number of aromatic nitrogens is 3. The number of benzene rings is 3. The molecule has 1 N–H and O–H groups in total. The summed E-state index contributed by atoms with van der Waals surface area (Å²) >= 11 is 0. The average molecular weight is 396 g/mol. The Balaban J connectivity index is 1.66. The van der Waals surface area contributed by atoms with Crippen LogP contribution in [0.15, 0.2) is 84.9 Å². The van der Waals surface area contributed by atoms with Gasteiger partial charge in [-0.05, 0) is 35.2 Å². The fourth-order valence-electron chi connectivity index (χ4n) is 3.17. The molecule has 0 unspecified atom stereocenters. The van der Waals surface area contributed by atoms with Crippen LogP contribution in [-0.2, 0) is 5.41 Å². The van der Waals surface area contributed by atoms with Crippen molar-refractivity contribution in [2.45, 2.75) is 26.2 Å². The van der Waals surface area contributed by atoms with E-state index in [4.69, 9.17) is 0 Å². The van der Waals surface area contributed by atoms with Gasteiger partial charge in [0.05, 0.1) is 5.69 Å². The largest absolute Gasteiger partial charge is 0.319 e. The summed E-state index contributed by atoms with van der Waals surface area (Å²) < 4.78 is 1.70. The van der Waals surface area contributed by atoms with E-state index in [0.717, 1.165) is 11.3 Å². The number of carbonyl (C=O) groups is 1. The SMILES string of the molecule is CC(C)(C)c1ccc(NC(=O)c2nc(-c3ccccc3)n(-c3ccccc3)n2)cc1. The van der Waals surface area contributed by atoms with Gasteiger partial charge in [0.1, 0.15) is 0 Å². The Labute approximate surface area is 176 Å². The predicted molar refractivity (Wildman–Crippen MR) is 120 cm³/mol. The number of anilines is 1. The summed E-state index contributed by atoms with van der Waals surface area (Å²) in [6.45, 7) is 6.48. The molecule has 150 valence electrons. The average Bonchev–Trinajstić information content (AvgIpc) is 3.20. The summed E-state index contributed by atoms with van der Waals surface area (Å²) in [4.78, 5) is 17.4. The molecule has 5 nitrogen and oxygen atoms in total. The predicted octanol–water partition coefficient (Wildman–Crippen LogP) is 5.48. The van der Waals surface area contributed by atoms with Crippen molar-refractivity contribution < 1.29 is 4.79 Å². The molecular formula is C25H24N4O. The molecule has 3 aromatic carbocycles.